The summed E-state index contributed by atoms with van der Waals surface area (Å²) in [6, 6.07) is 3.21. The summed E-state index contributed by atoms with van der Waals surface area (Å²) in [4.78, 5) is 26.6. The van der Waals surface area contributed by atoms with Gasteiger partial charge >= 0.3 is 0 Å². The van der Waals surface area contributed by atoms with Crippen LogP contribution in [0, 0.1) is 5.41 Å². The minimum Gasteiger partial charge on any atom is -0.349 e. The third kappa shape index (κ3) is 3.98. The number of nitrogens with zero attached hydrogens (tertiary/aromatic N) is 1. The van der Waals surface area contributed by atoms with Crippen LogP contribution in [0.4, 0.5) is 0 Å². The fraction of sp³-hybridized carbons (Fsp3) is 0.462. The van der Waals surface area contributed by atoms with Crippen molar-refractivity contribution in [3.63, 3.8) is 0 Å². The Labute approximate surface area is 101 Å². The molecule has 1 aromatic rings. The summed E-state index contributed by atoms with van der Waals surface area (Å²) in [5, 5.41) is 2.59. The van der Waals surface area contributed by atoms with E-state index in [-0.39, 0.29) is 5.78 Å². The van der Waals surface area contributed by atoms with Gasteiger partial charge in [-0.1, -0.05) is 20.8 Å². The van der Waals surface area contributed by atoms with Gasteiger partial charge in [0.25, 0.3) is 0 Å². The monoisotopic (exact) mass is 234 g/mol. The summed E-state index contributed by atoms with van der Waals surface area (Å²) >= 11 is 0. The first-order chi connectivity index (χ1) is 7.95. The molecule has 0 radical (unpaired) electrons. The van der Waals surface area contributed by atoms with E-state index in [1.54, 1.807) is 12.4 Å². The van der Waals surface area contributed by atoms with Crippen LogP contribution in [0.5, 0.6) is 0 Å². The first-order valence-corrected chi connectivity index (χ1v) is 5.58. The van der Waals surface area contributed by atoms with E-state index in [4.69, 9.17) is 0 Å². The lowest BCUT2D eigenvalue weighted by atomic mass is 9.84. The second-order valence-electron chi connectivity index (χ2n) is 5.01. The molecule has 0 aliphatic rings. The SMILES string of the molecule is CC(C)(C)C(=O)C(Cc1ccncc1)NC=O. The van der Waals surface area contributed by atoms with Crippen molar-refractivity contribution < 1.29 is 9.59 Å². The third-order valence-corrected chi connectivity index (χ3v) is 2.51. The molecule has 1 heterocycles. The Morgan fingerprint density at radius 2 is 2.00 bits per heavy atom. The highest BCUT2D eigenvalue weighted by atomic mass is 16.1. The lowest BCUT2D eigenvalue weighted by Gasteiger charge is -2.24. The quantitative estimate of drug-likeness (QED) is 0.782. The molecule has 4 nitrogen and oxygen atoms in total. The van der Waals surface area contributed by atoms with Crippen LogP contribution in [-0.4, -0.2) is 23.2 Å². The Bertz CT molecular complexity index is 382. The summed E-state index contributed by atoms with van der Waals surface area (Å²) < 4.78 is 0. The Morgan fingerprint density at radius 1 is 1.41 bits per heavy atom. The zero-order valence-electron chi connectivity index (χ0n) is 10.4. The number of Topliss-reactive ketones (excluding diaryl/α,β-unsaturated/α-hetero) is 1. The summed E-state index contributed by atoms with van der Waals surface area (Å²) in [5.41, 5.74) is 0.519. The summed E-state index contributed by atoms with van der Waals surface area (Å²) in [5.74, 6) is 0.0291. The predicted molar refractivity (Wildman–Crippen MR) is 65.4 cm³/mol. The number of hydrogen-bond acceptors (Lipinski definition) is 3. The van der Waals surface area contributed by atoms with Gasteiger partial charge in [-0.25, -0.2) is 0 Å². The number of rotatable bonds is 5. The number of amides is 1. The molecule has 0 saturated carbocycles. The van der Waals surface area contributed by atoms with Crippen molar-refractivity contribution >= 4 is 12.2 Å². The van der Waals surface area contributed by atoms with Gasteiger partial charge in [0.1, 0.15) is 0 Å². The Balaban J connectivity index is 2.80. The zero-order valence-corrected chi connectivity index (χ0v) is 10.4. The molecule has 0 bridgehead atoms. The van der Waals surface area contributed by atoms with E-state index in [0.29, 0.717) is 12.8 Å². The van der Waals surface area contributed by atoms with Gasteiger partial charge in [-0.2, -0.15) is 0 Å². The van der Waals surface area contributed by atoms with Crippen LogP contribution in [-0.2, 0) is 16.0 Å². The van der Waals surface area contributed by atoms with Gasteiger partial charge in [0, 0.05) is 17.8 Å². The topological polar surface area (TPSA) is 59.1 Å². The number of aromatic nitrogens is 1. The first-order valence-electron chi connectivity index (χ1n) is 5.58. The van der Waals surface area contributed by atoms with Crippen molar-refractivity contribution in [2.24, 2.45) is 5.41 Å². The summed E-state index contributed by atoms with van der Waals surface area (Å²) in [6.07, 6.45) is 4.43. The lowest BCUT2D eigenvalue weighted by Crippen LogP contribution is -2.43. The van der Waals surface area contributed by atoms with Gasteiger partial charge in [0.05, 0.1) is 6.04 Å². The van der Waals surface area contributed by atoms with Crippen LogP contribution in [0.3, 0.4) is 0 Å². The molecule has 0 saturated heterocycles. The molecular formula is C13H18N2O2. The lowest BCUT2D eigenvalue weighted by molar-refractivity contribution is -0.130. The van der Waals surface area contributed by atoms with Gasteiger partial charge in [-0.3, -0.25) is 14.6 Å². The minimum atomic E-state index is -0.477. The maximum absolute atomic E-state index is 12.1. The van der Waals surface area contributed by atoms with Gasteiger partial charge in [0.15, 0.2) is 5.78 Å². The molecular weight excluding hydrogens is 216 g/mol. The highest BCUT2D eigenvalue weighted by Gasteiger charge is 2.29. The largest absolute Gasteiger partial charge is 0.349 e. The molecule has 17 heavy (non-hydrogen) atoms. The van der Waals surface area contributed by atoms with Gasteiger partial charge < -0.3 is 5.32 Å². The van der Waals surface area contributed by atoms with Crippen LogP contribution in [0.2, 0.25) is 0 Å². The van der Waals surface area contributed by atoms with Gasteiger partial charge in [-0.15, -0.1) is 0 Å². The molecule has 1 N–H and O–H groups in total. The van der Waals surface area contributed by atoms with Gasteiger partial charge in [-0.05, 0) is 24.1 Å². The number of nitrogens with one attached hydrogen (secondary N) is 1. The Kier molecular flexibility index (Phi) is 4.37. The maximum atomic E-state index is 12.1. The van der Waals surface area contributed by atoms with Crippen molar-refractivity contribution in [1.82, 2.24) is 10.3 Å². The van der Waals surface area contributed by atoms with E-state index in [2.05, 4.69) is 10.3 Å². The smallest absolute Gasteiger partial charge is 0.207 e. The molecule has 1 rings (SSSR count). The van der Waals surface area contributed by atoms with Gasteiger partial charge in [0.2, 0.25) is 6.41 Å². The second-order valence-corrected chi connectivity index (χ2v) is 5.01. The summed E-state index contributed by atoms with van der Waals surface area (Å²) in [6.45, 7) is 5.55. The van der Waals surface area contributed by atoms with Crippen molar-refractivity contribution in [3.8, 4) is 0 Å². The molecule has 0 aliphatic carbocycles. The fourth-order valence-corrected chi connectivity index (χ4v) is 1.59. The van der Waals surface area contributed by atoms with Crippen molar-refractivity contribution in [3.05, 3.63) is 30.1 Å². The van der Waals surface area contributed by atoms with Crippen LogP contribution in [0.1, 0.15) is 26.3 Å². The molecule has 92 valence electrons. The molecule has 1 atom stereocenters. The number of hydrogen-bond donors (Lipinski definition) is 1. The van der Waals surface area contributed by atoms with Crippen molar-refractivity contribution in [1.29, 1.82) is 0 Å². The zero-order chi connectivity index (χ0) is 12.9. The summed E-state index contributed by atoms with van der Waals surface area (Å²) in [7, 11) is 0. The molecule has 4 heteroatoms. The minimum absolute atomic E-state index is 0.0291. The van der Waals surface area contributed by atoms with Crippen LogP contribution >= 0.6 is 0 Å². The molecule has 1 unspecified atom stereocenters. The van der Waals surface area contributed by atoms with E-state index in [1.165, 1.54) is 0 Å². The Morgan fingerprint density at radius 3 is 2.47 bits per heavy atom. The number of carbonyl (C=O) groups is 2. The third-order valence-electron chi connectivity index (χ3n) is 2.51. The Hall–Kier alpha value is -1.71. The van der Waals surface area contributed by atoms with E-state index >= 15 is 0 Å². The molecule has 0 fully saturated rings. The van der Waals surface area contributed by atoms with E-state index < -0.39 is 11.5 Å². The van der Waals surface area contributed by atoms with E-state index in [0.717, 1.165) is 5.56 Å². The van der Waals surface area contributed by atoms with Crippen LogP contribution in [0.25, 0.3) is 0 Å². The standard InChI is InChI=1S/C13H18N2O2/c1-13(2,3)12(17)11(15-9-16)8-10-4-6-14-7-5-10/h4-7,9,11H,8H2,1-3H3,(H,15,16). The fourth-order valence-electron chi connectivity index (χ4n) is 1.59. The number of ketones is 1. The molecule has 1 aromatic heterocycles. The predicted octanol–water partition coefficient (Wildman–Crippen LogP) is 1.35. The molecule has 0 aromatic carbocycles. The van der Waals surface area contributed by atoms with Crippen LogP contribution in [0.15, 0.2) is 24.5 Å². The van der Waals surface area contributed by atoms with Crippen LogP contribution < -0.4 is 5.32 Å². The maximum Gasteiger partial charge on any atom is 0.207 e. The molecule has 0 spiro atoms. The van der Waals surface area contributed by atoms with Crippen molar-refractivity contribution in [2.45, 2.75) is 33.2 Å². The van der Waals surface area contributed by atoms with E-state index in [1.807, 2.05) is 32.9 Å². The van der Waals surface area contributed by atoms with Crippen molar-refractivity contribution in [2.75, 3.05) is 0 Å². The normalized spacial score (nSPS) is 12.9. The molecule has 1 amide bonds. The highest BCUT2D eigenvalue weighted by molar-refractivity contribution is 5.90. The first kappa shape index (κ1) is 13.4. The number of carbonyl (C=O) groups excluding carboxylic acids is 2. The second kappa shape index (κ2) is 5.57. The molecule has 0 aliphatic heterocycles. The average molecular weight is 234 g/mol. The number of pyridine rings is 1. The van der Waals surface area contributed by atoms with E-state index in [9.17, 15) is 9.59 Å². The average Bonchev–Trinajstić information content (AvgIpc) is 2.28. The highest BCUT2D eigenvalue weighted by Crippen LogP contribution is 2.18.